The normalized spacial score (nSPS) is 15.4. The van der Waals surface area contributed by atoms with Crippen molar-refractivity contribution in [2.45, 2.75) is 38.0 Å². The summed E-state index contributed by atoms with van der Waals surface area (Å²) in [4.78, 5) is 0. The number of fused-ring (bicyclic) bond motifs is 1. The van der Waals surface area contributed by atoms with Crippen LogP contribution >= 0.6 is 15.9 Å². The Labute approximate surface area is 146 Å². The van der Waals surface area contributed by atoms with Crippen molar-refractivity contribution in [3.63, 3.8) is 0 Å². The van der Waals surface area contributed by atoms with Gasteiger partial charge >= 0.3 is 0 Å². The highest BCUT2D eigenvalue weighted by Gasteiger charge is 2.18. The molecule has 3 nitrogen and oxygen atoms in total. The molecule has 0 heterocycles. The van der Waals surface area contributed by atoms with Gasteiger partial charge in [0.25, 0.3) is 0 Å². The molecule has 5 heteroatoms. The summed E-state index contributed by atoms with van der Waals surface area (Å²) in [6, 6.07) is 13.5. The molecule has 1 N–H and O–H groups in total. The van der Waals surface area contributed by atoms with Crippen LogP contribution in [0.15, 0.2) is 46.9 Å². The molecule has 0 bridgehead atoms. The molecule has 1 atom stereocenters. The number of hydrogen-bond donors (Lipinski definition) is 1. The SMILES string of the molecule is C[C@@H](NS(=O)(=O)Cc1cccc(Br)c1)c1ccc2c(c1)CCC2. The Morgan fingerprint density at radius 3 is 2.70 bits per heavy atom. The highest BCUT2D eigenvalue weighted by Crippen LogP contribution is 2.26. The Balaban J connectivity index is 1.72. The lowest BCUT2D eigenvalue weighted by molar-refractivity contribution is 0.566. The van der Waals surface area contributed by atoms with Crippen LogP contribution in [0.3, 0.4) is 0 Å². The highest BCUT2D eigenvalue weighted by molar-refractivity contribution is 9.10. The Hall–Kier alpha value is -1.17. The van der Waals surface area contributed by atoms with Crippen LogP contribution < -0.4 is 4.72 Å². The third-order valence-electron chi connectivity index (χ3n) is 4.22. The molecule has 0 saturated heterocycles. The van der Waals surface area contributed by atoms with Crippen LogP contribution in [0.2, 0.25) is 0 Å². The van der Waals surface area contributed by atoms with E-state index in [-0.39, 0.29) is 11.8 Å². The first-order valence-electron chi connectivity index (χ1n) is 7.79. The molecule has 1 aliphatic rings. The van der Waals surface area contributed by atoms with E-state index in [0.29, 0.717) is 0 Å². The maximum absolute atomic E-state index is 12.4. The molecule has 0 unspecified atom stereocenters. The van der Waals surface area contributed by atoms with Gasteiger partial charge in [-0.3, -0.25) is 0 Å². The van der Waals surface area contributed by atoms with Crippen LogP contribution in [0.1, 0.15) is 41.6 Å². The zero-order chi connectivity index (χ0) is 16.4. The lowest BCUT2D eigenvalue weighted by Crippen LogP contribution is -2.28. The molecular formula is C18H20BrNO2S. The molecule has 0 saturated carbocycles. The number of hydrogen-bond acceptors (Lipinski definition) is 2. The average molecular weight is 394 g/mol. The quantitative estimate of drug-likeness (QED) is 0.830. The van der Waals surface area contributed by atoms with Gasteiger partial charge in [-0.15, -0.1) is 0 Å². The van der Waals surface area contributed by atoms with Crippen molar-refractivity contribution in [2.24, 2.45) is 0 Å². The number of aryl methyl sites for hydroxylation is 2. The predicted octanol–water partition coefficient (Wildman–Crippen LogP) is 4.12. The first-order valence-corrected chi connectivity index (χ1v) is 10.2. The van der Waals surface area contributed by atoms with Gasteiger partial charge in [-0.05, 0) is 60.6 Å². The fraction of sp³-hybridized carbons (Fsp3) is 0.333. The maximum atomic E-state index is 12.4. The standard InChI is InChI=1S/C18H20BrNO2S/c1-13(16-9-8-15-5-3-6-17(15)11-16)20-23(21,22)12-14-4-2-7-18(19)10-14/h2,4,7-11,13,20H,3,5-6,12H2,1H3/t13-/m1/s1. The fourth-order valence-corrected chi connectivity index (χ4v) is 4.91. The minimum atomic E-state index is -3.38. The smallest absolute Gasteiger partial charge is 0.212 e. The van der Waals surface area contributed by atoms with E-state index in [1.165, 1.54) is 17.5 Å². The lowest BCUT2D eigenvalue weighted by Gasteiger charge is -2.16. The summed E-state index contributed by atoms with van der Waals surface area (Å²) >= 11 is 3.37. The topological polar surface area (TPSA) is 46.2 Å². The van der Waals surface area contributed by atoms with E-state index in [4.69, 9.17) is 0 Å². The van der Waals surface area contributed by atoms with Crippen molar-refractivity contribution in [3.05, 3.63) is 69.2 Å². The molecule has 0 aliphatic heterocycles. The van der Waals surface area contributed by atoms with E-state index in [1.807, 2.05) is 37.3 Å². The monoisotopic (exact) mass is 393 g/mol. The van der Waals surface area contributed by atoms with Gasteiger partial charge in [-0.25, -0.2) is 13.1 Å². The molecular weight excluding hydrogens is 374 g/mol. The lowest BCUT2D eigenvalue weighted by atomic mass is 10.0. The van der Waals surface area contributed by atoms with E-state index in [2.05, 4.69) is 32.8 Å². The summed E-state index contributed by atoms with van der Waals surface area (Å²) in [7, 11) is -3.38. The summed E-state index contributed by atoms with van der Waals surface area (Å²) in [6.07, 6.45) is 3.43. The Morgan fingerprint density at radius 2 is 1.91 bits per heavy atom. The van der Waals surface area contributed by atoms with Crippen molar-refractivity contribution in [3.8, 4) is 0 Å². The number of rotatable bonds is 5. The summed E-state index contributed by atoms with van der Waals surface area (Å²) in [6.45, 7) is 1.90. The molecule has 0 spiro atoms. The van der Waals surface area contributed by atoms with E-state index < -0.39 is 10.0 Å². The van der Waals surface area contributed by atoms with Crippen LogP contribution in [-0.2, 0) is 28.6 Å². The Morgan fingerprint density at radius 1 is 1.13 bits per heavy atom. The van der Waals surface area contributed by atoms with Crippen LogP contribution in [-0.4, -0.2) is 8.42 Å². The summed E-state index contributed by atoms with van der Waals surface area (Å²) in [5, 5.41) is 0. The van der Waals surface area contributed by atoms with Crippen molar-refractivity contribution in [1.29, 1.82) is 0 Å². The second-order valence-electron chi connectivity index (χ2n) is 6.11. The largest absolute Gasteiger partial charge is 0.216 e. The van der Waals surface area contributed by atoms with Gasteiger partial charge in [0.05, 0.1) is 5.75 Å². The zero-order valence-corrected chi connectivity index (χ0v) is 15.5. The van der Waals surface area contributed by atoms with Gasteiger partial charge in [0.1, 0.15) is 0 Å². The Bertz CT molecular complexity index is 818. The third-order valence-corrected chi connectivity index (χ3v) is 6.14. The van der Waals surface area contributed by atoms with Gasteiger partial charge in [0.15, 0.2) is 0 Å². The number of halogens is 1. The van der Waals surface area contributed by atoms with Crippen LogP contribution in [0, 0.1) is 0 Å². The second-order valence-corrected chi connectivity index (χ2v) is 8.78. The first kappa shape index (κ1) is 16.7. The molecule has 1 aliphatic carbocycles. The van der Waals surface area contributed by atoms with Gasteiger partial charge < -0.3 is 0 Å². The minimum absolute atomic E-state index is 0.0122. The van der Waals surface area contributed by atoms with Crippen molar-refractivity contribution in [2.75, 3.05) is 0 Å². The predicted molar refractivity (Wildman–Crippen MR) is 96.8 cm³/mol. The third kappa shape index (κ3) is 4.22. The highest BCUT2D eigenvalue weighted by atomic mass is 79.9. The van der Waals surface area contributed by atoms with Gasteiger partial charge in [-0.1, -0.05) is 46.3 Å². The Kier molecular flexibility index (Phi) is 4.90. The van der Waals surface area contributed by atoms with E-state index in [0.717, 1.165) is 28.4 Å². The maximum Gasteiger partial charge on any atom is 0.216 e. The van der Waals surface area contributed by atoms with E-state index in [1.54, 1.807) is 0 Å². The molecule has 3 rings (SSSR count). The first-order chi connectivity index (χ1) is 10.9. The number of nitrogens with one attached hydrogen (secondary N) is 1. The summed E-state index contributed by atoms with van der Waals surface area (Å²) in [5.74, 6) is -0.0122. The van der Waals surface area contributed by atoms with Crippen LogP contribution in [0.5, 0.6) is 0 Å². The average Bonchev–Trinajstić information content (AvgIpc) is 2.93. The molecule has 0 fully saturated rings. The molecule has 2 aromatic rings. The van der Waals surface area contributed by atoms with Crippen LogP contribution in [0.4, 0.5) is 0 Å². The number of benzene rings is 2. The molecule has 0 aromatic heterocycles. The molecule has 0 radical (unpaired) electrons. The summed E-state index contributed by atoms with van der Waals surface area (Å²) < 4.78 is 28.5. The van der Waals surface area contributed by atoms with Gasteiger partial charge in [0.2, 0.25) is 10.0 Å². The zero-order valence-electron chi connectivity index (χ0n) is 13.0. The minimum Gasteiger partial charge on any atom is -0.212 e. The van der Waals surface area contributed by atoms with E-state index in [9.17, 15) is 8.42 Å². The van der Waals surface area contributed by atoms with Crippen molar-refractivity contribution >= 4 is 26.0 Å². The molecule has 2 aromatic carbocycles. The van der Waals surface area contributed by atoms with Crippen LogP contribution in [0.25, 0.3) is 0 Å². The molecule has 23 heavy (non-hydrogen) atoms. The summed E-state index contributed by atoms with van der Waals surface area (Å²) in [5.41, 5.74) is 4.56. The van der Waals surface area contributed by atoms with Crippen molar-refractivity contribution < 1.29 is 8.42 Å². The number of sulfonamides is 1. The second kappa shape index (κ2) is 6.75. The van der Waals surface area contributed by atoms with E-state index >= 15 is 0 Å². The molecule has 122 valence electrons. The van der Waals surface area contributed by atoms with Gasteiger partial charge in [-0.2, -0.15) is 0 Å². The van der Waals surface area contributed by atoms with Gasteiger partial charge in [0, 0.05) is 10.5 Å². The molecule has 0 amide bonds. The fourth-order valence-electron chi connectivity index (χ4n) is 3.09. The van der Waals surface area contributed by atoms with Crippen molar-refractivity contribution in [1.82, 2.24) is 4.72 Å².